The predicted molar refractivity (Wildman–Crippen MR) is 100 cm³/mol. The fraction of sp³-hybridized carbons (Fsp3) is 0.389. The lowest BCUT2D eigenvalue weighted by Gasteiger charge is -2.34. The highest BCUT2D eigenvalue weighted by molar-refractivity contribution is 5.95. The van der Waals surface area contributed by atoms with Crippen LogP contribution in [0.25, 0.3) is 0 Å². The number of rotatable bonds is 5. The lowest BCUT2D eigenvalue weighted by molar-refractivity contribution is -0.385. The summed E-state index contributed by atoms with van der Waals surface area (Å²) in [4.78, 5) is 38.8. The van der Waals surface area contributed by atoms with Crippen LogP contribution in [0.3, 0.4) is 0 Å². The number of hydrogen-bond donors (Lipinski definition) is 1. The minimum absolute atomic E-state index is 0.00492. The van der Waals surface area contributed by atoms with E-state index >= 15 is 0 Å². The van der Waals surface area contributed by atoms with E-state index in [4.69, 9.17) is 4.52 Å². The topological polar surface area (TPSA) is 122 Å². The molecule has 1 N–H and O–H groups in total. The summed E-state index contributed by atoms with van der Waals surface area (Å²) < 4.78 is 4.91. The molecule has 1 aliphatic rings. The van der Waals surface area contributed by atoms with Crippen LogP contribution in [0.5, 0.6) is 0 Å². The van der Waals surface area contributed by atoms with Gasteiger partial charge in [0.25, 0.3) is 11.6 Å². The molecule has 1 aromatic carbocycles. The number of piperazine rings is 1. The third kappa shape index (κ3) is 4.52. The maximum atomic E-state index is 12.6. The van der Waals surface area contributed by atoms with E-state index in [0.717, 1.165) is 0 Å². The summed E-state index contributed by atoms with van der Waals surface area (Å²) in [5.41, 5.74) is 0.875. The molecule has 0 radical (unpaired) electrons. The molecule has 0 aliphatic carbocycles. The van der Waals surface area contributed by atoms with Crippen molar-refractivity contribution >= 4 is 23.3 Å². The van der Waals surface area contributed by atoms with Gasteiger partial charge in [-0.05, 0) is 26.0 Å². The van der Waals surface area contributed by atoms with Crippen LogP contribution in [-0.2, 0) is 4.79 Å². The average molecular weight is 387 g/mol. The van der Waals surface area contributed by atoms with E-state index in [0.29, 0.717) is 48.9 Å². The smallest absolute Gasteiger partial charge is 0.272 e. The Morgan fingerprint density at radius 2 is 1.93 bits per heavy atom. The number of anilines is 1. The zero-order chi connectivity index (χ0) is 20.3. The summed E-state index contributed by atoms with van der Waals surface area (Å²) in [7, 11) is 0. The number of nitrogens with one attached hydrogen (secondary N) is 1. The number of hydrogen-bond acceptors (Lipinski definition) is 7. The number of nitro benzene ring substituents is 1. The van der Waals surface area contributed by atoms with E-state index in [9.17, 15) is 19.7 Å². The van der Waals surface area contributed by atoms with Gasteiger partial charge >= 0.3 is 0 Å². The van der Waals surface area contributed by atoms with Crippen molar-refractivity contribution in [1.29, 1.82) is 0 Å². The van der Waals surface area contributed by atoms with Crippen LogP contribution >= 0.6 is 0 Å². The number of amides is 2. The zero-order valence-electron chi connectivity index (χ0n) is 15.7. The molecule has 1 saturated heterocycles. The molecule has 10 heteroatoms. The minimum atomic E-state index is -0.465. The molecule has 0 spiro atoms. The second-order valence-corrected chi connectivity index (χ2v) is 6.70. The van der Waals surface area contributed by atoms with E-state index in [1.54, 1.807) is 30.9 Å². The highest BCUT2D eigenvalue weighted by Crippen LogP contribution is 2.20. The van der Waals surface area contributed by atoms with Crippen molar-refractivity contribution in [3.8, 4) is 0 Å². The first-order valence-electron chi connectivity index (χ1n) is 8.83. The molecule has 0 saturated carbocycles. The summed E-state index contributed by atoms with van der Waals surface area (Å²) in [6.45, 7) is 5.63. The quantitative estimate of drug-likeness (QED) is 0.611. The van der Waals surface area contributed by atoms with E-state index in [1.165, 1.54) is 12.1 Å². The third-order valence-electron chi connectivity index (χ3n) is 4.56. The Kier molecular flexibility index (Phi) is 5.69. The zero-order valence-corrected chi connectivity index (χ0v) is 15.7. The Morgan fingerprint density at radius 3 is 2.50 bits per heavy atom. The van der Waals surface area contributed by atoms with Crippen LogP contribution in [0.2, 0.25) is 0 Å². The number of aryl methyl sites for hydroxylation is 2. The van der Waals surface area contributed by atoms with Gasteiger partial charge in [-0.25, -0.2) is 0 Å². The highest BCUT2D eigenvalue weighted by Gasteiger charge is 2.24. The summed E-state index contributed by atoms with van der Waals surface area (Å²) in [6, 6.07) is 6.02. The number of nitro groups is 1. The average Bonchev–Trinajstić information content (AvgIpc) is 3.05. The molecule has 3 rings (SSSR count). The Balaban J connectivity index is 1.52. The number of benzene rings is 1. The second kappa shape index (κ2) is 8.17. The maximum Gasteiger partial charge on any atom is 0.272 e. The number of carbonyl (C=O) groups is 2. The van der Waals surface area contributed by atoms with Gasteiger partial charge in [-0.2, -0.15) is 0 Å². The van der Waals surface area contributed by atoms with Crippen molar-refractivity contribution in [2.75, 3.05) is 38.0 Å². The van der Waals surface area contributed by atoms with Gasteiger partial charge in [0.15, 0.2) is 5.82 Å². The largest absolute Gasteiger partial charge is 0.360 e. The molecule has 1 aliphatic heterocycles. The van der Waals surface area contributed by atoms with Gasteiger partial charge in [-0.15, -0.1) is 0 Å². The van der Waals surface area contributed by atoms with Gasteiger partial charge in [0.05, 0.1) is 11.5 Å². The van der Waals surface area contributed by atoms with E-state index in [1.807, 2.05) is 4.90 Å². The second-order valence-electron chi connectivity index (χ2n) is 6.70. The molecular formula is C18H21N5O5. The first kappa shape index (κ1) is 19.5. The molecular weight excluding hydrogens is 366 g/mol. The van der Waals surface area contributed by atoms with Crippen molar-refractivity contribution in [3.05, 3.63) is 51.3 Å². The molecule has 0 bridgehead atoms. The summed E-state index contributed by atoms with van der Waals surface area (Å²) in [6.07, 6.45) is 0. The number of aromatic nitrogens is 1. The monoisotopic (exact) mass is 387 g/mol. The van der Waals surface area contributed by atoms with Crippen LogP contribution in [0.4, 0.5) is 11.5 Å². The number of carbonyl (C=O) groups excluding carboxylic acids is 2. The predicted octanol–water partition coefficient (Wildman–Crippen LogP) is 1.60. The molecule has 2 aromatic rings. The lowest BCUT2D eigenvalue weighted by atomic mass is 10.1. The Morgan fingerprint density at radius 1 is 1.21 bits per heavy atom. The van der Waals surface area contributed by atoms with Gasteiger partial charge in [0, 0.05) is 49.4 Å². The fourth-order valence-electron chi connectivity index (χ4n) is 3.10. The van der Waals surface area contributed by atoms with Crippen LogP contribution in [-0.4, -0.2) is 64.4 Å². The van der Waals surface area contributed by atoms with E-state index in [-0.39, 0.29) is 24.0 Å². The van der Waals surface area contributed by atoms with Gasteiger partial charge < -0.3 is 14.7 Å². The van der Waals surface area contributed by atoms with Crippen LogP contribution < -0.4 is 5.32 Å². The third-order valence-corrected chi connectivity index (χ3v) is 4.56. The first-order chi connectivity index (χ1) is 13.3. The van der Waals surface area contributed by atoms with Crippen LogP contribution in [0, 0.1) is 24.0 Å². The van der Waals surface area contributed by atoms with Crippen LogP contribution in [0.15, 0.2) is 28.8 Å². The van der Waals surface area contributed by atoms with E-state index in [2.05, 4.69) is 10.5 Å². The Labute approximate surface area is 161 Å². The van der Waals surface area contributed by atoms with Crippen LogP contribution in [0.1, 0.15) is 21.7 Å². The lowest BCUT2D eigenvalue weighted by Crippen LogP contribution is -2.50. The van der Waals surface area contributed by atoms with Crippen molar-refractivity contribution in [2.24, 2.45) is 0 Å². The van der Waals surface area contributed by atoms with Gasteiger partial charge in [-0.3, -0.25) is 24.6 Å². The standard InChI is InChI=1S/C18H21N5O5/c1-12-9-14(3-4-15(12)23(26)27)18(25)22-7-5-21(6-8-22)11-17(24)19-16-10-13(2)28-20-16/h3-4,9-10H,5-8,11H2,1-2H3,(H,19,20,24). The first-order valence-corrected chi connectivity index (χ1v) is 8.83. The molecule has 0 atom stereocenters. The molecule has 1 fully saturated rings. The van der Waals surface area contributed by atoms with Gasteiger partial charge in [-0.1, -0.05) is 5.16 Å². The molecule has 148 valence electrons. The Bertz CT molecular complexity index is 902. The van der Waals surface area contributed by atoms with Crippen molar-refractivity contribution in [2.45, 2.75) is 13.8 Å². The van der Waals surface area contributed by atoms with Crippen molar-refractivity contribution in [3.63, 3.8) is 0 Å². The summed E-state index contributed by atoms with van der Waals surface area (Å²) >= 11 is 0. The molecule has 2 heterocycles. The maximum absolute atomic E-state index is 12.6. The summed E-state index contributed by atoms with van der Waals surface area (Å²) in [5, 5.41) is 17.3. The Hall–Kier alpha value is -3.27. The van der Waals surface area contributed by atoms with Crippen molar-refractivity contribution < 1.29 is 19.0 Å². The van der Waals surface area contributed by atoms with E-state index < -0.39 is 4.92 Å². The van der Waals surface area contributed by atoms with Gasteiger partial charge in [0.1, 0.15) is 5.76 Å². The molecule has 1 aromatic heterocycles. The molecule has 2 amide bonds. The van der Waals surface area contributed by atoms with Gasteiger partial charge in [0.2, 0.25) is 5.91 Å². The molecule has 10 nitrogen and oxygen atoms in total. The minimum Gasteiger partial charge on any atom is -0.360 e. The molecule has 28 heavy (non-hydrogen) atoms. The normalized spacial score (nSPS) is 14.7. The molecule has 0 unspecified atom stereocenters. The highest BCUT2D eigenvalue weighted by atomic mass is 16.6. The number of nitrogens with zero attached hydrogens (tertiary/aromatic N) is 4. The fourth-order valence-corrected chi connectivity index (χ4v) is 3.10. The SMILES string of the molecule is Cc1cc(NC(=O)CN2CCN(C(=O)c3ccc([N+](=O)[O-])c(C)c3)CC2)no1. The summed E-state index contributed by atoms with van der Waals surface area (Å²) in [5.74, 6) is 0.632. The van der Waals surface area contributed by atoms with Crippen molar-refractivity contribution in [1.82, 2.24) is 15.0 Å².